The number of rotatable bonds is 29. The van der Waals surface area contributed by atoms with Gasteiger partial charge in [0.05, 0.1) is 39.6 Å². The summed E-state index contributed by atoms with van der Waals surface area (Å²) in [5, 5.41) is 72.6. The van der Waals surface area contributed by atoms with Gasteiger partial charge in [0, 0.05) is 6.61 Å². The predicted molar refractivity (Wildman–Crippen MR) is 303 cm³/mol. The van der Waals surface area contributed by atoms with Crippen LogP contribution in [0.4, 0.5) is 0 Å². The smallest absolute Gasteiger partial charge is 0.187 e. The lowest BCUT2D eigenvalue weighted by Gasteiger charge is -2.50. The monoisotopic (exact) mass is 1130 g/mol. The van der Waals surface area contributed by atoms with E-state index in [1.807, 2.05) is 182 Å². The van der Waals surface area contributed by atoms with E-state index >= 15 is 0 Å². The Labute approximate surface area is 481 Å². The minimum atomic E-state index is -1.87. The van der Waals surface area contributed by atoms with Crippen molar-refractivity contribution in [2.45, 2.75) is 163 Å². The van der Waals surface area contributed by atoms with Crippen molar-refractivity contribution in [1.29, 1.82) is 0 Å². The molecule has 3 heterocycles. The summed E-state index contributed by atoms with van der Waals surface area (Å²) >= 11 is 0. The minimum absolute atomic E-state index is 0.118. The van der Waals surface area contributed by atoms with E-state index in [-0.39, 0.29) is 46.2 Å². The van der Waals surface area contributed by atoms with Crippen LogP contribution in [0.1, 0.15) is 78.8 Å². The van der Waals surface area contributed by atoms with E-state index in [1.54, 1.807) is 0 Å². The Morgan fingerprint density at radius 1 is 0.366 bits per heavy atom. The molecule has 0 radical (unpaired) electrons. The molecule has 6 aromatic rings. The highest BCUT2D eigenvalue weighted by atomic mass is 16.8. The van der Waals surface area contributed by atoms with Crippen LogP contribution >= 0.6 is 0 Å². The molecular formula is C66H80O16. The summed E-state index contributed by atoms with van der Waals surface area (Å²) in [4.78, 5) is 0. The topological polar surface area (TPSA) is 214 Å². The molecule has 0 unspecified atom stereocenters. The Morgan fingerprint density at radius 3 is 1.07 bits per heavy atom. The Bertz CT molecular complexity index is 2600. The lowest BCUT2D eigenvalue weighted by atomic mass is 9.79. The van der Waals surface area contributed by atoms with Gasteiger partial charge in [-0.3, -0.25) is 0 Å². The number of aliphatic hydroxyl groups excluding tert-OH is 6. The standard InChI is InChI=1S/C66H80O16/c1-2-3-4-5-6-25-38-76-63-57(70)54(67)60(51(77-63)42-73-39-45-26-13-7-14-27-45)80-64-58(71)55(68)61(52(78-64)43-74-40-46-28-15-8-16-29-46)81-65-59(72)56(69)62(53(79-65)44-75-41-47-30-17-9-18-31-47)82-66(48-32-19-10-20-33-48,49-34-21-11-22-35-49)50-36-23-12-24-37-50/h7-24,26-37,51-65,67-72H,2-6,25,38-44H2,1H3/t51-,52-,53-,54-,55-,56-,57+,58+,59+,60-,61-,62-,63+,64-,65-/m1/s1. The van der Waals surface area contributed by atoms with Gasteiger partial charge >= 0.3 is 0 Å². The first-order valence-corrected chi connectivity index (χ1v) is 28.8. The summed E-state index contributed by atoms with van der Waals surface area (Å²) in [6.45, 7) is 2.41. The van der Waals surface area contributed by atoms with Gasteiger partial charge in [-0.15, -0.1) is 0 Å². The van der Waals surface area contributed by atoms with E-state index in [0.29, 0.717) is 0 Å². The number of benzene rings is 6. The molecule has 6 N–H and O–H groups in total. The van der Waals surface area contributed by atoms with Gasteiger partial charge in [0.1, 0.15) is 78.8 Å². The Hall–Kier alpha value is -5.32. The van der Waals surface area contributed by atoms with Crippen LogP contribution in [0.5, 0.6) is 0 Å². The molecule has 3 aliphatic rings. The summed E-state index contributed by atoms with van der Waals surface area (Å²) in [7, 11) is 0. The van der Waals surface area contributed by atoms with Gasteiger partial charge in [-0.25, -0.2) is 0 Å². The van der Waals surface area contributed by atoms with Crippen LogP contribution in [-0.2, 0) is 72.8 Å². The van der Waals surface area contributed by atoms with E-state index in [1.165, 1.54) is 0 Å². The van der Waals surface area contributed by atoms with Crippen molar-refractivity contribution >= 4 is 0 Å². The highest BCUT2D eigenvalue weighted by Crippen LogP contribution is 2.44. The molecule has 3 fully saturated rings. The van der Waals surface area contributed by atoms with Crippen LogP contribution in [0.2, 0.25) is 0 Å². The highest BCUT2D eigenvalue weighted by Gasteiger charge is 2.56. The Kier molecular flexibility index (Phi) is 23.2. The molecule has 3 saturated heterocycles. The lowest BCUT2D eigenvalue weighted by Crippen LogP contribution is -2.67. The second-order valence-corrected chi connectivity index (χ2v) is 21.3. The molecule has 0 bridgehead atoms. The zero-order valence-corrected chi connectivity index (χ0v) is 46.4. The van der Waals surface area contributed by atoms with Gasteiger partial charge in [-0.1, -0.05) is 221 Å². The van der Waals surface area contributed by atoms with Crippen molar-refractivity contribution in [3.8, 4) is 0 Å². The first kappa shape index (κ1) is 61.2. The molecule has 440 valence electrons. The fourth-order valence-corrected chi connectivity index (χ4v) is 10.9. The lowest BCUT2D eigenvalue weighted by molar-refractivity contribution is -0.383. The summed E-state index contributed by atoms with van der Waals surface area (Å²) in [5.74, 6) is 0. The average molecular weight is 1130 g/mol. The highest BCUT2D eigenvalue weighted by molar-refractivity contribution is 5.47. The Balaban J connectivity index is 0.977. The molecule has 16 heteroatoms. The number of hydrogen-bond acceptors (Lipinski definition) is 16. The molecule has 0 aromatic heterocycles. The zero-order chi connectivity index (χ0) is 57.1. The second-order valence-electron chi connectivity index (χ2n) is 21.3. The van der Waals surface area contributed by atoms with Crippen molar-refractivity contribution in [2.75, 3.05) is 26.4 Å². The number of hydrogen-bond donors (Lipinski definition) is 6. The Morgan fingerprint density at radius 2 is 0.683 bits per heavy atom. The molecule has 9 rings (SSSR count). The van der Waals surface area contributed by atoms with E-state index in [4.69, 9.17) is 47.4 Å². The molecule has 0 spiro atoms. The van der Waals surface area contributed by atoms with Crippen molar-refractivity contribution in [3.63, 3.8) is 0 Å². The third kappa shape index (κ3) is 15.7. The average Bonchev–Trinajstić information content (AvgIpc) is 3.58. The molecule has 0 saturated carbocycles. The van der Waals surface area contributed by atoms with E-state index in [9.17, 15) is 30.6 Å². The molecule has 3 aliphatic heterocycles. The first-order chi connectivity index (χ1) is 40.1. The molecular weight excluding hydrogens is 1050 g/mol. The van der Waals surface area contributed by atoms with Crippen molar-refractivity contribution in [3.05, 3.63) is 215 Å². The molecule has 6 aromatic carbocycles. The third-order valence-electron chi connectivity index (χ3n) is 15.3. The van der Waals surface area contributed by atoms with Gasteiger partial charge in [0.2, 0.25) is 0 Å². The maximum absolute atomic E-state index is 12.6. The van der Waals surface area contributed by atoms with Crippen LogP contribution in [0.25, 0.3) is 0 Å². The SMILES string of the molecule is CCCCCCCCO[C@H]1O[C@H](COCc2ccccc2)[C@@H](O[C@H]2O[C@H](COCc3ccccc3)[C@@H](O[C@H]3O[C@H](COCc4ccccc4)[C@@H](OC(c4ccccc4)(c4ccccc4)c4ccccc4)[C@H](O)[C@@H]3O)[C@H](O)[C@@H]2O)[C@H](O)[C@@H]1O. The number of unbranched alkanes of at least 4 members (excludes halogenated alkanes) is 5. The summed E-state index contributed by atoms with van der Waals surface area (Å²) in [6, 6.07) is 57.3. The second kappa shape index (κ2) is 31.0. The summed E-state index contributed by atoms with van der Waals surface area (Å²) < 4.78 is 64.5. The van der Waals surface area contributed by atoms with Crippen molar-refractivity contribution in [1.82, 2.24) is 0 Å². The number of aliphatic hydroxyl groups is 6. The normalized spacial score (nSPS) is 28.6. The summed E-state index contributed by atoms with van der Waals surface area (Å²) in [5.41, 5.74) is 3.47. The van der Waals surface area contributed by atoms with Gasteiger partial charge in [-0.05, 0) is 39.8 Å². The van der Waals surface area contributed by atoms with Crippen molar-refractivity contribution in [2.24, 2.45) is 0 Å². The maximum atomic E-state index is 12.6. The van der Waals surface area contributed by atoms with Crippen LogP contribution in [0.3, 0.4) is 0 Å². The zero-order valence-electron chi connectivity index (χ0n) is 46.4. The summed E-state index contributed by atoms with van der Waals surface area (Å²) in [6.07, 6.45) is -16.5. The van der Waals surface area contributed by atoms with Gasteiger partial charge in [-0.2, -0.15) is 0 Å². The quantitative estimate of drug-likeness (QED) is 0.0198. The van der Waals surface area contributed by atoms with Crippen LogP contribution in [0.15, 0.2) is 182 Å². The fourth-order valence-electron chi connectivity index (χ4n) is 10.9. The van der Waals surface area contributed by atoms with Crippen LogP contribution in [-0.4, -0.2) is 149 Å². The molecule has 82 heavy (non-hydrogen) atoms. The minimum Gasteiger partial charge on any atom is -0.387 e. The van der Waals surface area contributed by atoms with E-state index in [0.717, 1.165) is 71.9 Å². The van der Waals surface area contributed by atoms with E-state index < -0.39 is 97.7 Å². The third-order valence-corrected chi connectivity index (χ3v) is 15.3. The first-order valence-electron chi connectivity index (χ1n) is 28.8. The van der Waals surface area contributed by atoms with Gasteiger partial charge < -0.3 is 78.0 Å². The molecule has 0 aliphatic carbocycles. The van der Waals surface area contributed by atoms with Crippen LogP contribution in [0, 0.1) is 0 Å². The van der Waals surface area contributed by atoms with E-state index in [2.05, 4.69) is 6.92 Å². The van der Waals surface area contributed by atoms with Crippen molar-refractivity contribution < 1.29 is 78.0 Å². The molecule has 0 amide bonds. The predicted octanol–water partition coefficient (Wildman–Crippen LogP) is 7.50. The molecule has 15 atom stereocenters. The van der Waals surface area contributed by atoms with Crippen LogP contribution < -0.4 is 0 Å². The van der Waals surface area contributed by atoms with Gasteiger partial charge in [0.25, 0.3) is 0 Å². The molecule has 16 nitrogen and oxygen atoms in total. The largest absolute Gasteiger partial charge is 0.387 e. The number of ether oxygens (including phenoxy) is 10. The maximum Gasteiger partial charge on any atom is 0.187 e. The van der Waals surface area contributed by atoms with Gasteiger partial charge in [0.15, 0.2) is 18.9 Å². The fraction of sp³-hybridized carbons (Fsp3) is 0.455.